The molecule has 0 aliphatic heterocycles. The molecule has 2 amide bonds. The summed E-state index contributed by atoms with van der Waals surface area (Å²) in [5, 5.41) is 15.4. The van der Waals surface area contributed by atoms with Gasteiger partial charge in [0.25, 0.3) is 0 Å². The van der Waals surface area contributed by atoms with Gasteiger partial charge in [-0.2, -0.15) is 0 Å². The van der Waals surface area contributed by atoms with Crippen LogP contribution in [0.5, 0.6) is 0 Å². The van der Waals surface area contributed by atoms with Gasteiger partial charge in [-0.05, 0) is 75.4 Å². The van der Waals surface area contributed by atoms with Crippen molar-refractivity contribution in [3.05, 3.63) is 59.7 Å². The topological polar surface area (TPSA) is 114 Å². The van der Waals surface area contributed by atoms with Crippen molar-refractivity contribution in [3.63, 3.8) is 0 Å². The molecule has 1 unspecified atom stereocenters. The van der Waals surface area contributed by atoms with Crippen molar-refractivity contribution in [2.75, 3.05) is 23.8 Å². The Morgan fingerprint density at radius 1 is 0.816 bits per heavy atom. The van der Waals surface area contributed by atoms with Crippen molar-refractivity contribution in [2.24, 2.45) is 10.8 Å². The van der Waals surface area contributed by atoms with E-state index < -0.39 is 22.9 Å². The molecule has 8 nitrogen and oxygen atoms in total. The average molecular weight is 527 g/mol. The first kappa shape index (κ1) is 30.8. The fourth-order valence-electron chi connectivity index (χ4n) is 3.55. The molecule has 3 N–H and O–H groups in total. The summed E-state index contributed by atoms with van der Waals surface area (Å²) in [6, 6.07) is 15.1. The fourth-order valence-corrected chi connectivity index (χ4v) is 3.55. The third-order valence-corrected chi connectivity index (χ3v) is 6.23. The number of amides is 2. The zero-order valence-electron chi connectivity index (χ0n) is 23.6. The SMILES string of the molecule is CCC(CCOC(C)(C)C)(COC(=O)Nc1ccc(Cc2ccc(NC(=O)C(C)(C)C)cc2)cc1)C(=O)O. The first-order valence-corrected chi connectivity index (χ1v) is 12.9. The molecule has 8 heteroatoms. The highest BCUT2D eigenvalue weighted by Crippen LogP contribution is 2.29. The van der Waals surface area contributed by atoms with Crippen molar-refractivity contribution >= 4 is 29.3 Å². The number of nitrogens with one attached hydrogen (secondary N) is 2. The van der Waals surface area contributed by atoms with Gasteiger partial charge in [0, 0.05) is 23.4 Å². The number of benzene rings is 2. The van der Waals surface area contributed by atoms with Gasteiger partial charge in [-0.25, -0.2) is 4.79 Å². The van der Waals surface area contributed by atoms with E-state index in [4.69, 9.17) is 9.47 Å². The second-order valence-electron chi connectivity index (χ2n) is 11.6. The van der Waals surface area contributed by atoms with Crippen LogP contribution >= 0.6 is 0 Å². The predicted molar refractivity (Wildman–Crippen MR) is 149 cm³/mol. The minimum Gasteiger partial charge on any atom is -0.481 e. The molecule has 0 saturated heterocycles. The highest BCUT2D eigenvalue weighted by molar-refractivity contribution is 5.94. The highest BCUT2D eigenvalue weighted by atomic mass is 16.6. The van der Waals surface area contributed by atoms with E-state index in [2.05, 4.69) is 10.6 Å². The molecular weight excluding hydrogens is 484 g/mol. The predicted octanol–water partition coefficient (Wildman–Crippen LogP) is 6.50. The number of hydrogen-bond donors (Lipinski definition) is 3. The zero-order valence-corrected chi connectivity index (χ0v) is 23.6. The van der Waals surface area contributed by atoms with E-state index in [1.807, 2.05) is 77.9 Å². The first-order chi connectivity index (χ1) is 17.6. The van der Waals surface area contributed by atoms with Crippen LogP contribution in [0.1, 0.15) is 72.4 Å². The molecule has 2 rings (SSSR count). The van der Waals surface area contributed by atoms with Crippen LogP contribution in [-0.2, 0) is 25.5 Å². The van der Waals surface area contributed by atoms with Crippen LogP contribution < -0.4 is 10.6 Å². The third kappa shape index (κ3) is 9.82. The number of rotatable bonds is 11. The van der Waals surface area contributed by atoms with Crippen LogP contribution in [0.2, 0.25) is 0 Å². The molecule has 208 valence electrons. The Hall–Kier alpha value is -3.39. The Kier molecular flexibility index (Phi) is 10.5. The molecule has 0 aliphatic rings. The van der Waals surface area contributed by atoms with Gasteiger partial charge in [-0.3, -0.25) is 14.9 Å². The number of anilines is 2. The quantitative estimate of drug-likeness (QED) is 0.308. The van der Waals surface area contributed by atoms with Crippen LogP contribution in [0.25, 0.3) is 0 Å². The Bertz CT molecular complexity index is 1080. The number of carboxylic acids is 1. The van der Waals surface area contributed by atoms with Crippen LogP contribution in [0.4, 0.5) is 16.2 Å². The molecule has 0 radical (unpaired) electrons. The van der Waals surface area contributed by atoms with Gasteiger partial charge in [0.1, 0.15) is 12.0 Å². The van der Waals surface area contributed by atoms with E-state index in [1.165, 1.54) is 0 Å². The fraction of sp³-hybridized carbons (Fsp3) is 0.500. The molecule has 0 bridgehead atoms. The third-order valence-electron chi connectivity index (χ3n) is 6.23. The van der Waals surface area contributed by atoms with E-state index in [-0.39, 0.29) is 31.1 Å². The lowest BCUT2D eigenvalue weighted by atomic mass is 9.83. The zero-order chi connectivity index (χ0) is 28.6. The van der Waals surface area contributed by atoms with Gasteiger partial charge in [0.15, 0.2) is 0 Å². The molecule has 0 spiro atoms. The molecular formula is C30H42N2O6. The van der Waals surface area contributed by atoms with Crippen molar-refractivity contribution in [2.45, 2.75) is 73.3 Å². The standard InChI is InChI=1S/C30H42N2O6/c1-8-30(26(34)35,17-18-38-29(5,6)7)20-37-27(36)32-24-15-11-22(12-16-24)19-21-9-13-23(14-10-21)31-25(33)28(2,3)4/h9-16H,8,17-20H2,1-7H3,(H,31,33)(H,32,36)(H,34,35). The summed E-state index contributed by atoms with van der Waals surface area (Å²) >= 11 is 0. The number of hydrogen-bond acceptors (Lipinski definition) is 5. The molecule has 1 atom stereocenters. The van der Waals surface area contributed by atoms with Gasteiger partial charge in [-0.1, -0.05) is 52.0 Å². The van der Waals surface area contributed by atoms with E-state index in [0.717, 1.165) is 16.8 Å². The lowest BCUT2D eigenvalue weighted by molar-refractivity contribution is -0.154. The molecule has 2 aromatic carbocycles. The largest absolute Gasteiger partial charge is 0.481 e. The van der Waals surface area contributed by atoms with Gasteiger partial charge in [-0.15, -0.1) is 0 Å². The van der Waals surface area contributed by atoms with Crippen molar-refractivity contribution in [1.29, 1.82) is 0 Å². The van der Waals surface area contributed by atoms with Crippen LogP contribution in [0, 0.1) is 10.8 Å². The minimum atomic E-state index is -1.21. The molecule has 38 heavy (non-hydrogen) atoms. The number of ether oxygens (including phenoxy) is 2. The second kappa shape index (κ2) is 12.9. The van der Waals surface area contributed by atoms with Crippen LogP contribution in [0.15, 0.2) is 48.5 Å². The minimum absolute atomic E-state index is 0.0373. The summed E-state index contributed by atoms with van der Waals surface area (Å²) in [4.78, 5) is 36.5. The summed E-state index contributed by atoms with van der Waals surface area (Å²) in [6.07, 6.45) is 0.525. The van der Waals surface area contributed by atoms with Crippen LogP contribution in [0.3, 0.4) is 0 Å². The lowest BCUT2D eigenvalue weighted by Gasteiger charge is -2.29. The summed E-state index contributed by atoms with van der Waals surface area (Å²) < 4.78 is 11.0. The van der Waals surface area contributed by atoms with E-state index in [0.29, 0.717) is 18.5 Å². The molecule has 0 heterocycles. The van der Waals surface area contributed by atoms with Gasteiger partial charge < -0.3 is 19.9 Å². The van der Waals surface area contributed by atoms with Gasteiger partial charge >= 0.3 is 12.1 Å². The summed E-state index contributed by atoms with van der Waals surface area (Å²) in [5.41, 5.74) is 1.38. The van der Waals surface area contributed by atoms with Gasteiger partial charge in [0.2, 0.25) is 5.91 Å². The maximum Gasteiger partial charge on any atom is 0.411 e. The molecule has 0 aliphatic carbocycles. The van der Waals surface area contributed by atoms with Crippen LogP contribution in [-0.4, -0.2) is 41.9 Å². The maximum atomic E-state index is 12.4. The van der Waals surface area contributed by atoms with E-state index in [1.54, 1.807) is 19.1 Å². The molecule has 2 aromatic rings. The lowest BCUT2D eigenvalue weighted by Crippen LogP contribution is -2.38. The molecule has 0 fully saturated rings. The van der Waals surface area contributed by atoms with Gasteiger partial charge in [0.05, 0.1) is 5.60 Å². The van der Waals surface area contributed by atoms with Crippen molar-refractivity contribution in [3.8, 4) is 0 Å². The second-order valence-corrected chi connectivity index (χ2v) is 11.6. The number of carbonyl (C=O) groups is 3. The van der Waals surface area contributed by atoms with E-state index in [9.17, 15) is 19.5 Å². The smallest absolute Gasteiger partial charge is 0.411 e. The number of carbonyl (C=O) groups excluding carboxylic acids is 2. The Morgan fingerprint density at radius 3 is 1.74 bits per heavy atom. The monoisotopic (exact) mass is 526 g/mol. The summed E-state index contributed by atoms with van der Waals surface area (Å²) in [6.45, 7) is 13.1. The first-order valence-electron chi connectivity index (χ1n) is 12.9. The number of aliphatic carboxylic acids is 1. The summed E-state index contributed by atoms with van der Waals surface area (Å²) in [5.74, 6) is -1.05. The molecule has 0 aromatic heterocycles. The van der Waals surface area contributed by atoms with Crippen molar-refractivity contribution in [1.82, 2.24) is 0 Å². The highest BCUT2D eigenvalue weighted by Gasteiger charge is 2.38. The maximum absolute atomic E-state index is 12.4. The normalized spacial score (nSPS) is 13.3. The summed E-state index contributed by atoms with van der Waals surface area (Å²) in [7, 11) is 0. The number of carboxylic acid groups (broad SMARTS) is 1. The Labute approximate surface area is 226 Å². The average Bonchev–Trinajstić information content (AvgIpc) is 2.82. The Balaban J connectivity index is 1.90. The Morgan fingerprint density at radius 2 is 1.32 bits per heavy atom. The van der Waals surface area contributed by atoms with Crippen molar-refractivity contribution < 1.29 is 29.0 Å². The van der Waals surface area contributed by atoms with E-state index >= 15 is 0 Å². The molecule has 0 saturated carbocycles.